The monoisotopic (exact) mass is 211 g/mol. The van der Waals surface area contributed by atoms with Crippen LogP contribution in [0, 0.1) is 5.92 Å². The fraction of sp³-hybridized carbons (Fsp3) is 0.800. The number of hydrogen-bond donors (Lipinski definition) is 2. The molecule has 0 aliphatic carbocycles. The van der Waals surface area contributed by atoms with E-state index in [4.69, 9.17) is 9.63 Å². The quantitative estimate of drug-likeness (QED) is 0.725. The third kappa shape index (κ3) is 3.00. The zero-order valence-corrected chi connectivity index (χ0v) is 8.78. The van der Waals surface area contributed by atoms with E-state index in [0.29, 0.717) is 18.1 Å². The Morgan fingerprint density at radius 1 is 1.47 bits per heavy atom. The van der Waals surface area contributed by atoms with E-state index in [-0.39, 0.29) is 6.61 Å². The second-order valence-corrected chi connectivity index (χ2v) is 3.98. The normalized spacial score (nSPS) is 21.0. The number of nitrogens with zero attached hydrogens (tertiary/aromatic N) is 2. The molecule has 2 N–H and O–H groups in total. The highest BCUT2D eigenvalue weighted by molar-refractivity contribution is 4.87. The molecule has 2 heterocycles. The summed E-state index contributed by atoms with van der Waals surface area (Å²) in [6.07, 6.45) is 3.69. The van der Waals surface area contributed by atoms with Gasteiger partial charge < -0.3 is 14.9 Å². The Balaban J connectivity index is 1.77. The van der Waals surface area contributed by atoms with E-state index >= 15 is 0 Å². The summed E-state index contributed by atoms with van der Waals surface area (Å²) in [6, 6.07) is 0. The van der Waals surface area contributed by atoms with Gasteiger partial charge in [-0.1, -0.05) is 5.16 Å². The van der Waals surface area contributed by atoms with Crippen molar-refractivity contribution < 1.29 is 9.63 Å². The van der Waals surface area contributed by atoms with Crippen LogP contribution in [-0.4, -0.2) is 34.9 Å². The zero-order valence-electron chi connectivity index (χ0n) is 8.78. The number of aromatic nitrogens is 2. The molecule has 5 nitrogen and oxygen atoms in total. The van der Waals surface area contributed by atoms with Gasteiger partial charge in [0.1, 0.15) is 0 Å². The average molecular weight is 211 g/mol. The van der Waals surface area contributed by atoms with Gasteiger partial charge in [-0.15, -0.1) is 0 Å². The number of nitrogens with one attached hydrogen (secondary N) is 1. The SMILES string of the molecule is OCCc1noc(CCC2CCNC2)n1. The first-order valence-corrected chi connectivity index (χ1v) is 5.51. The Morgan fingerprint density at radius 3 is 3.13 bits per heavy atom. The van der Waals surface area contributed by atoms with Gasteiger partial charge in [-0.2, -0.15) is 4.98 Å². The zero-order chi connectivity index (χ0) is 10.5. The number of aryl methyl sites for hydroxylation is 1. The van der Waals surface area contributed by atoms with E-state index in [0.717, 1.165) is 31.8 Å². The Kier molecular flexibility index (Phi) is 3.69. The van der Waals surface area contributed by atoms with E-state index < -0.39 is 0 Å². The molecule has 0 amide bonds. The van der Waals surface area contributed by atoms with E-state index in [1.54, 1.807) is 0 Å². The summed E-state index contributed by atoms with van der Waals surface area (Å²) in [5.74, 6) is 2.06. The van der Waals surface area contributed by atoms with Gasteiger partial charge >= 0.3 is 0 Å². The Labute approximate surface area is 88.9 Å². The maximum atomic E-state index is 8.70. The largest absolute Gasteiger partial charge is 0.396 e. The molecule has 1 aromatic rings. The lowest BCUT2D eigenvalue weighted by Gasteiger charge is -2.03. The Hall–Kier alpha value is -0.940. The summed E-state index contributed by atoms with van der Waals surface area (Å²) < 4.78 is 5.08. The minimum absolute atomic E-state index is 0.0749. The van der Waals surface area contributed by atoms with Crippen molar-refractivity contribution >= 4 is 0 Å². The minimum atomic E-state index is 0.0749. The van der Waals surface area contributed by atoms with Crippen LogP contribution in [0.2, 0.25) is 0 Å². The highest BCUT2D eigenvalue weighted by Crippen LogP contribution is 2.15. The van der Waals surface area contributed by atoms with Crippen LogP contribution in [0.1, 0.15) is 24.6 Å². The van der Waals surface area contributed by atoms with Crippen LogP contribution >= 0.6 is 0 Å². The average Bonchev–Trinajstić information content (AvgIpc) is 2.85. The second kappa shape index (κ2) is 5.23. The van der Waals surface area contributed by atoms with Crippen molar-refractivity contribution in [3.05, 3.63) is 11.7 Å². The molecule has 1 fully saturated rings. The molecule has 0 radical (unpaired) electrons. The molecule has 5 heteroatoms. The summed E-state index contributed by atoms with van der Waals surface area (Å²) in [4.78, 5) is 4.20. The smallest absolute Gasteiger partial charge is 0.226 e. The Bertz CT molecular complexity index is 295. The molecule has 0 spiro atoms. The van der Waals surface area contributed by atoms with Gasteiger partial charge in [0.2, 0.25) is 5.89 Å². The standard InChI is InChI=1S/C10H17N3O2/c14-6-4-9-12-10(15-13-9)2-1-8-3-5-11-7-8/h8,11,14H,1-7H2. The number of rotatable bonds is 5. The van der Waals surface area contributed by atoms with E-state index in [1.807, 2.05) is 0 Å². The number of hydrogen-bond acceptors (Lipinski definition) is 5. The van der Waals surface area contributed by atoms with Crippen molar-refractivity contribution in [3.8, 4) is 0 Å². The number of aliphatic hydroxyl groups is 1. The van der Waals surface area contributed by atoms with Gasteiger partial charge in [-0.05, 0) is 31.8 Å². The molecule has 0 aromatic carbocycles. The molecule has 1 atom stereocenters. The van der Waals surface area contributed by atoms with Crippen LogP contribution < -0.4 is 5.32 Å². The van der Waals surface area contributed by atoms with E-state index in [1.165, 1.54) is 6.42 Å². The molecule has 0 saturated carbocycles. The van der Waals surface area contributed by atoms with Gasteiger partial charge in [-0.25, -0.2) is 0 Å². The third-order valence-corrected chi connectivity index (χ3v) is 2.77. The lowest BCUT2D eigenvalue weighted by atomic mass is 10.0. The fourth-order valence-electron chi connectivity index (χ4n) is 1.88. The van der Waals surface area contributed by atoms with Crippen molar-refractivity contribution in [2.24, 2.45) is 5.92 Å². The van der Waals surface area contributed by atoms with E-state index in [9.17, 15) is 0 Å². The van der Waals surface area contributed by atoms with Gasteiger partial charge in [0, 0.05) is 12.8 Å². The number of aliphatic hydroxyl groups excluding tert-OH is 1. The maximum absolute atomic E-state index is 8.70. The predicted octanol–water partition coefficient (Wildman–Crippen LogP) is 0.146. The van der Waals surface area contributed by atoms with Crippen LogP contribution in [0.5, 0.6) is 0 Å². The van der Waals surface area contributed by atoms with Crippen LogP contribution in [0.15, 0.2) is 4.52 Å². The molecular weight excluding hydrogens is 194 g/mol. The molecule has 2 rings (SSSR count). The van der Waals surface area contributed by atoms with E-state index in [2.05, 4.69) is 15.5 Å². The molecule has 1 unspecified atom stereocenters. The first-order chi connectivity index (χ1) is 7.38. The van der Waals surface area contributed by atoms with Crippen LogP contribution in [-0.2, 0) is 12.8 Å². The lowest BCUT2D eigenvalue weighted by Crippen LogP contribution is -2.09. The first-order valence-electron chi connectivity index (χ1n) is 5.51. The summed E-state index contributed by atoms with van der Waals surface area (Å²) >= 11 is 0. The first kappa shape index (κ1) is 10.6. The molecule has 1 aromatic heterocycles. The van der Waals surface area contributed by atoms with Crippen molar-refractivity contribution in [3.63, 3.8) is 0 Å². The summed E-state index contributed by atoms with van der Waals surface area (Å²) in [5.41, 5.74) is 0. The summed E-state index contributed by atoms with van der Waals surface area (Å²) in [6.45, 7) is 2.31. The fourth-order valence-corrected chi connectivity index (χ4v) is 1.88. The molecule has 1 aliphatic heterocycles. The highest BCUT2D eigenvalue weighted by Gasteiger charge is 2.15. The van der Waals surface area contributed by atoms with Crippen LogP contribution in [0.4, 0.5) is 0 Å². The van der Waals surface area contributed by atoms with Crippen molar-refractivity contribution in [2.45, 2.75) is 25.7 Å². The minimum Gasteiger partial charge on any atom is -0.396 e. The second-order valence-electron chi connectivity index (χ2n) is 3.98. The molecule has 1 aliphatic rings. The van der Waals surface area contributed by atoms with Crippen molar-refractivity contribution in [1.82, 2.24) is 15.5 Å². The lowest BCUT2D eigenvalue weighted by molar-refractivity contribution is 0.292. The van der Waals surface area contributed by atoms with Crippen molar-refractivity contribution in [2.75, 3.05) is 19.7 Å². The molecular formula is C10H17N3O2. The van der Waals surface area contributed by atoms with Gasteiger partial charge in [0.25, 0.3) is 0 Å². The van der Waals surface area contributed by atoms with Crippen molar-refractivity contribution in [1.29, 1.82) is 0 Å². The Morgan fingerprint density at radius 2 is 2.40 bits per heavy atom. The summed E-state index contributed by atoms with van der Waals surface area (Å²) in [5, 5.41) is 15.8. The summed E-state index contributed by atoms with van der Waals surface area (Å²) in [7, 11) is 0. The van der Waals surface area contributed by atoms with Gasteiger partial charge in [0.05, 0.1) is 6.61 Å². The molecule has 0 bridgehead atoms. The third-order valence-electron chi connectivity index (χ3n) is 2.77. The van der Waals surface area contributed by atoms with Crippen LogP contribution in [0.3, 0.4) is 0 Å². The maximum Gasteiger partial charge on any atom is 0.226 e. The van der Waals surface area contributed by atoms with Gasteiger partial charge in [0.15, 0.2) is 5.82 Å². The molecule has 15 heavy (non-hydrogen) atoms. The van der Waals surface area contributed by atoms with Crippen LogP contribution in [0.25, 0.3) is 0 Å². The predicted molar refractivity (Wildman–Crippen MR) is 54.4 cm³/mol. The van der Waals surface area contributed by atoms with Gasteiger partial charge in [-0.3, -0.25) is 0 Å². The highest BCUT2D eigenvalue weighted by atomic mass is 16.5. The molecule has 1 saturated heterocycles. The topological polar surface area (TPSA) is 71.2 Å². The molecule has 84 valence electrons.